The zero-order chi connectivity index (χ0) is 14.0. The average Bonchev–Trinajstić information content (AvgIpc) is 2.92. The van der Waals surface area contributed by atoms with E-state index in [1.807, 2.05) is 0 Å². The molecule has 2 rings (SSSR count). The van der Waals surface area contributed by atoms with Crippen molar-refractivity contribution in [3.8, 4) is 0 Å². The lowest BCUT2D eigenvalue weighted by molar-refractivity contribution is -0.126. The number of carbonyl (C=O) groups excluding carboxylic acids is 2. The molecule has 1 aliphatic heterocycles. The molecular weight excluding hydrogens is 270 g/mol. The number of carboxylic acid groups (broad SMARTS) is 1. The van der Waals surface area contributed by atoms with Crippen LogP contribution in [0.4, 0.5) is 0 Å². The van der Waals surface area contributed by atoms with Crippen molar-refractivity contribution in [3.63, 3.8) is 0 Å². The van der Waals surface area contributed by atoms with E-state index >= 15 is 0 Å². The Morgan fingerprint density at radius 3 is 2.84 bits per heavy atom. The lowest BCUT2D eigenvalue weighted by Gasteiger charge is -2.07. The fraction of sp³-hybridized carbons (Fsp3) is 0.455. The van der Waals surface area contributed by atoms with Gasteiger partial charge in [0, 0.05) is 13.0 Å². The monoisotopic (exact) mass is 283 g/mol. The lowest BCUT2D eigenvalue weighted by atomic mass is 10.1. The zero-order valence-electron chi connectivity index (χ0n) is 10.2. The van der Waals surface area contributed by atoms with E-state index in [0.717, 1.165) is 11.3 Å². The number of rotatable bonds is 4. The van der Waals surface area contributed by atoms with E-state index in [4.69, 9.17) is 5.11 Å². The smallest absolute Gasteiger partial charge is 0.347 e. The molecule has 0 aliphatic carbocycles. The highest BCUT2D eigenvalue weighted by atomic mass is 32.1. The molecule has 0 bridgehead atoms. The van der Waals surface area contributed by atoms with Gasteiger partial charge >= 0.3 is 5.97 Å². The number of nitrogens with one attached hydrogen (secondary N) is 2. The standard InChI is InChI=1S/C11H13N3O4S/c1-5-9(11(17)18)19-8(14-5)4-13-10(16)6-2-7(15)12-3-6/h6H,2-4H2,1H3,(H,12,15)(H,13,16)(H,17,18). The largest absolute Gasteiger partial charge is 0.477 e. The summed E-state index contributed by atoms with van der Waals surface area (Å²) in [4.78, 5) is 37.9. The molecule has 1 atom stereocenters. The molecule has 8 heteroatoms. The molecule has 1 unspecified atom stereocenters. The Balaban J connectivity index is 1.92. The number of aromatic nitrogens is 1. The van der Waals surface area contributed by atoms with E-state index < -0.39 is 5.97 Å². The van der Waals surface area contributed by atoms with Gasteiger partial charge in [0.2, 0.25) is 11.8 Å². The van der Waals surface area contributed by atoms with Crippen LogP contribution >= 0.6 is 11.3 Å². The van der Waals surface area contributed by atoms with E-state index in [1.54, 1.807) is 6.92 Å². The van der Waals surface area contributed by atoms with Gasteiger partial charge in [0.25, 0.3) is 0 Å². The van der Waals surface area contributed by atoms with Crippen molar-refractivity contribution >= 4 is 29.1 Å². The van der Waals surface area contributed by atoms with Gasteiger partial charge in [-0.25, -0.2) is 9.78 Å². The van der Waals surface area contributed by atoms with Gasteiger partial charge in [-0.1, -0.05) is 0 Å². The summed E-state index contributed by atoms with van der Waals surface area (Å²) in [5.74, 6) is -1.72. The van der Waals surface area contributed by atoms with Gasteiger partial charge in [-0.05, 0) is 6.92 Å². The number of hydrogen-bond donors (Lipinski definition) is 3. The average molecular weight is 283 g/mol. The fourth-order valence-corrected chi connectivity index (χ4v) is 2.67. The molecule has 0 aromatic carbocycles. The molecule has 0 saturated carbocycles. The first-order valence-corrected chi connectivity index (χ1v) is 6.53. The van der Waals surface area contributed by atoms with Crippen LogP contribution in [0.15, 0.2) is 0 Å². The van der Waals surface area contributed by atoms with E-state index in [1.165, 1.54) is 0 Å². The van der Waals surface area contributed by atoms with Crippen LogP contribution in [0.5, 0.6) is 0 Å². The molecule has 19 heavy (non-hydrogen) atoms. The summed E-state index contributed by atoms with van der Waals surface area (Å²) in [6.45, 7) is 2.15. The third kappa shape index (κ3) is 3.08. The minimum absolute atomic E-state index is 0.126. The topological polar surface area (TPSA) is 108 Å². The quantitative estimate of drug-likeness (QED) is 0.715. The number of hydrogen-bond acceptors (Lipinski definition) is 5. The van der Waals surface area contributed by atoms with Crippen LogP contribution < -0.4 is 10.6 Å². The molecule has 7 nitrogen and oxygen atoms in total. The second kappa shape index (κ2) is 5.35. The maximum atomic E-state index is 11.7. The summed E-state index contributed by atoms with van der Waals surface area (Å²) in [5.41, 5.74) is 0.444. The normalized spacial score (nSPS) is 18.2. The van der Waals surface area contributed by atoms with Gasteiger partial charge in [-0.2, -0.15) is 0 Å². The number of aromatic carboxylic acids is 1. The van der Waals surface area contributed by atoms with Crippen LogP contribution in [-0.2, 0) is 16.1 Å². The van der Waals surface area contributed by atoms with E-state index in [2.05, 4.69) is 15.6 Å². The summed E-state index contributed by atoms with van der Waals surface area (Å²) in [7, 11) is 0. The molecule has 1 aromatic rings. The Kier molecular flexibility index (Phi) is 3.79. The molecule has 2 amide bonds. The Hall–Kier alpha value is -1.96. The highest BCUT2D eigenvalue weighted by Gasteiger charge is 2.27. The Bertz CT molecular complexity index is 540. The van der Waals surface area contributed by atoms with E-state index in [0.29, 0.717) is 17.2 Å². The van der Waals surface area contributed by atoms with Crippen LogP contribution in [0.3, 0.4) is 0 Å². The molecule has 0 radical (unpaired) electrons. The van der Waals surface area contributed by atoms with Crippen molar-refractivity contribution in [1.82, 2.24) is 15.6 Å². The second-order valence-electron chi connectivity index (χ2n) is 4.25. The van der Waals surface area contributed by atoms with Gasteiger partial charge < -0.3 is 15.7 Å². The molecule has 2 heterocycles. The predicted octanol–water partition coefficient (Wildman–Crippen LogP) is -0.0980. The summed E-state index contributed by atoms with van der Waals surface area (Å²) < 4.78 is 0. The number of amides is 2. The minimum atomic E-state index is -1.02. The lowest BCUT2D eigenvalue weighted by Crippen LogP contribution is -2.31. The van der Waals surface area contributed by atoms with Gasteiger partial charge in [-0.3, -0.25) is 9.59 Å². The van der Waals surface area contributed by atoms with Crippen molar-refractivity contribution in [1.29, 1.82) is 0 Å². The maximum absolute atomic E-state index is 11.7. The van der Waals surface area contributed by atoms with Gasteiger partial charge in [0.15, 0.2) is 0 Å². The number of thiazole rings is 1. The van der Waals surface area contributed by atoms with Gasteiger partial charge in [0.1, 0.15) is 9.88 Å². The predicted molar refractivity (Wildman–Crippen MR) is 66.8 cm³/mol. The molecular formula is C11H13N3O4S. The summed E-state index contributed by atoms with van der Waals surface area (Å²) in [6.07, 6.45) is 0.198. The highest BCUT2D eigenvalue weighted by molar-refractivity contribution is 7.13. The van der Waals surface area contributed by atoms with Crippen molar-refractivity contribution in [2.24, 2.45) is 5.92 Å². The van der Waals surface area contributed by atoms with Crippen LogP contribution in [0.25, 0.3) is 0 Å². The Morgan fingerprint density at radius 1 is 1.58 bits per heavy atom. The van der Waals surface area contributed by atoms with E-state index in [-0.39, 0.29) is 35.6 Å². The summed E-state index contributed by atoms with van der Waals surface area (Å²) in [6, 6.07) is 0. The molecule has 1 fully saturated rings. The second-order valence-corrected chi connectivity index (χ2v) is 5.33. The number of carboxylic acids is 1. The number of aryl methyl sites for hydroxylation is 1. The SMILES string of the molecule is Cc1nc(CNC(=O)C2CNC(=O)C2)sc1C(=O)O. The van der Waals surface area contributed by atoms with Crippen LogP contribution in [-0.4, -0.2) is 34.4 Å². The molecule has 1 aliphatic rings. The first-order valence-electron chi connectivity index (χ1n) is 5.71. The molecule has 3 N–H and O–H groups in total. The third-order valence-electron chi connectivity index (χ3n) is 2.80. The zero-order valence-corrected chi connectivity index (χ0v) is 11.0. The first kappa shape index (κ1) is 13.5. The van der Waals surface area contributed by atoms with Crippen LogP contribution in [0.1, 0.15) is 26.8 Å². The first-order chi connectivity index (χ1) is 8.97. The van der Waals surface area contributed by atoms with Crippen LogP contribution in [0.2, 0.25) is 0 Å². The van der Waals surface area contributed by atoms with Crippen molar-refractivity contribution in [2.45, 2.75) is 19.9 Å². The molecule has 102 valence electrons. The van der Waals surface area contributed by atoms with Crippen LogP contribution in [0, 0.1) is 12.8 Å². The van der Waals surface area contributed by atoms with E-state index in [9.17, 15) is 14.4 Å². The number of carbonyl (C=O) groups is 3. The fourth-order valence-electron chi connectivity index (χ4n) is 1.82. The summed E-state index contributed by atoms with van der Waals surface area (Å²) >= 11 is 1.04. The Labute approximate surface area is 113 Å². The maximum Gasteiger partial charge on any atom is 0.347 e. The molecule has 1 saturated heterocycles. The Morgan fingerprint density at radius 2 is 2.32 bits per heavy atom. The van der Waals surface area contributed by atoms with Crippen molar-refractivity contribution in [3.05, 3.63) is 15.6 Å². The molecule has 1 aromatic heterocycles. The number of nitrogens with zero attached hydrogens (tertiary/aromatic N) is 1. The highest BCUT2D eigenvalue weighted by Crippen LogP contribution is 2.18. The third-order valence-corrected chi connectivity index (χ3v) is 3.94. The molecule has 0 spiro atoms. The van der Waals surface area contributed by atoms with Crippen molar-refractivity contribution < 1.29 is 19.5 Å². The van der Waals surface area contributed by atoms with Gasteiger partial charge in [-0.15, -0.1) is 11.3 Å². The minimum Gasteiger partial charge on any atom is -0.477 e. The van der Waals surface area contributed by atoms with Crippen molar-refractivity contribution in [2.75, 3.05) is 6.54 Å². The van der Waals surface area contributed by atoms with Gasteiger partial charge in [0.05, 0.1) is 18.2 Å². The summed E-state index contributed by atoms with van der Waals surface area (Å²) in [5, 5.41) is 14.7.